The molecule has 0 atom stereocenters. The fourth-order valence-electron chi connectivity index (χ4n) is 5.04. The third kappa shape index (κ3) is 4.90. The van der Waals surface area contributed by atoms with Gasteiger partial charge in [-0.3, -0.25) is 9.78 Å². The second-order valence-electron chi connectivity index (χ2n) is 9.27. The van der Waals surface area contributed by atoms with Gasteiger partial charge in [0.2, 0.25) is 5.88 Å². The lowest BCUT2D eigenvalue weighted by Crippen LogP contribution is -2.14. The number of nitrogens with zero attached hydrogens (tertiary/aromatic N) is 3. The summed E-state index contributed by atoms with van der Waals surface area (Å²) in [6.07, 6.45) is 6.68. The number of carboxylic acids is 1. The molecule has 0 radical (unpaired) electrons. The summed E-state index contributed by atoms with van der Waals surface area (Å²) in [6.45, 7) is 0. The minimum atomic E-state index is -1.07. The first-order valence-corrected chi connectivity index (χ1v) is 12.3. The summed E-state index contributed by atoms with van der Waals surface area (Å²) in [5.74, 6) is -2.18. The highest BCUT2D eigenvalue weighted by atomic mass is 19.1. The van der Waals surface area contributed by atoms with Gasteiger partial charge in [0.15, 0.2) is 5.82 Å². The molecule has 1 fully saturated rings. The Morgan fingerprint density at radius 2 is 1.82 bits per heavy atom. The topological polar surface area (TPSA) is 150 Å². The average Bonchev–Trinajstić information content (AvgIpc) is 3.48. The predicted octanol–water partition coefficient (Wildman–Crippen LogP) is 5.05. The van der Waals surface area contributed by atoms with Gasteiger partial charge in [0, 0.05) is 29.0 Å². The van der Waals surface area contributed by atoms with E-state index in [1.54, 1.807) is 12.1 Å². The van der Waals surface area contributed by atoms with Gasteiger partial charge in [-0.25, -0.2) is 14.2 Å². The number of carbonyl (C=O) groups excluding carboxylic acids is 1. The van der Waals surface area contributed by atoms with Crippen LogP contribution in [0.2, 0.25) is 0 Å². The Kier molecular flexibility index (Phi) is 6.97. The summed E-state index contributed by atoms with van der Waals surface area (Å²) in [5, 5.41) is 13.1. The van der Waals surface area contributed by atoms with E-state index >= 15 is 4.39 Å². The number of hydrogen-bond acceptors (Lipinski definition) is 8. The molecule has 4 N–H and O–H groups in total. The van der Waals surface area contributed by atoms with E-state index in [0.717, 1.165) is 31.2 Å². The fraction of sp³-hybridized carbons (Fsp3) is 0.250. The first kappa shape index (κ1) is 25.8. The highest BCUT2D eigenvalue weighted by Crippen LogP contribution is 2.39. The summed E-state index contributed by atoms with van der Waals surface area (Å²) in [4.78, 5) is 36.6. The second-order valence-corrected chi connectivity index (χ2v) is 9.27. The molecule has 1 amide bonds. The molecule has 2 aromatic carbocycles. The molecule has 0 unspecified atom stereocenters. The molecule has 0 saturated heterocycles. The van der Waals surface area contributed by atoms with Gasteiger partial charge in [-0.05, 0) is 48.6 Å². The normalized spacial score (nSPS) is 13.4. The molecule has 1 aliphatic carbocycles. The van der Waals surface area contributed by atoms with Crippen LogP contribution in [0, 0.1) is 5.82 Å². The lowest BCUT2D eigenvalue weighted by atomic mass is 9.95. The second kappa shape index (κ2) is 10.5. The average molecular weight is 532 g/mol. The monoisotopic (exact) mass is 531 g/mol. The van der Waals surface area contributed by atoms with Crippen molar-refractivity contribution in [2.24, 2.45) is 5.73 Å². The number of nitrogens with one attached hydrogen (secondary N) is 1. The van der Waals surface area contributed by atoms with Crippen LogP contribution in [-0.4, -0.2) is 46.2 Å². The van der Waals surface area contributed by atoms with E-state index in [0.29, 0.717) is 5.69 Å². The van der Waals surface area contributed by atoms with Gasteiger partial charge < -0.3 is 25.6 Å². The molecule has 1 aliphatic rings. The maximum Gasteiger partial charge on any atom is 0.335 e. The highest BCUT2D eigenvalue weighted by Gasteiger charge is 2.23. The molecular formula is C28H26FN5O5. The summed E-state index contributed by atoms with van der Waals surface area (Å²) >= 11 is 0. The van der Waals surface area contributed by atoms with Crippen molar-refractivity contribution in [1.29, 1.82) is 0 Å². The molecule has 10 nitrogen and oxygen atoms in total. The maximum atomic E-state index is 15.9. The van der Waals surface area contributed by atoms with Crippen molar-refractivity contribution < 1.29 is 28.6 Å². The minimum Gasteiger partial charge on any atom is -0.480 e. The lowest BCUT2D eigenvalue weighted by molar-refractivity contribution is 0.0696. The molecule has 39 heavy (non-hydrogen) atoms. The van der Waals surface area contributed by atoms with Crippen LogP contribution in [0.5, 0.6) is 11.9 Å². The molecule has 0 bridgehead atoms. The van der Waals surface area contributed by atoms with Crippen molar-refractivity contribution in [2.45, 2.75) is 31.6 Å². The summed E-state index contributed by atoms with van der Waals surface area (Å²) in [5.41, 5.74) is 7.71. The van der Waals surface area contributed by atoms with Gasteiger partial charge in [-0.1, -0.05) is 18.9 Å². The van der Waals surface area contributed by atoms with E-state index in [9.17, 15) is 14.7 Å². The van der Waals surface area contributed by atoms with Crippen molar-refractivity contribution in [3.8, 4) is 23.0 Å². The molecule has 11 heteroatoms. The number of anilines is 2. The number of fused-ring (bicyclic) bond motifs is 1. The smallest absolute Gasteiger partial charge is 0.335 e. The Hall–Kier alpha value is -4.80. The number of pyridine rings is 1. The molecule has 2 aromatic heterocycles. The number of ether oxygens (including phenoxy) is 2. The number of rotatable bonds is 8. The standard InChI is InChI=1S/C28H26FN5O5/c1-38-26-20(12-32-28(34-26)39-2)18-7-8-19-23(21(25(30)35)13-31-24(19)22(18)29)33-17-10-15(14-5-3-4-6-14)9-16(11-17)27(36)37/h7-14H,3-6H2,1-2H3,(H2,30,35)(H,31,33)(H,36,37). The number of hydrogen-bond donors (Lipinski definition) is 3. The van der Waals surface area contributed by atoms with Crippen LogP contribution < -0.4 is 20.5 Å². The van der Waals surface area contributed by atoms with E-state index in [4.69, 9.17) is 15.2 Å². The van der Waals surface area contributed by atoms with Gasteiger partial charge in [0.1, 0.15) is 5.52 Å². The van der Waals surface area contributed by atoms with Gasteiger partial charge in [-0.2, -0.15) is 4.98 Å². The van der Waals surface area contributed by atoms with Crippen LogP contribution in [0.1, 0.15) is 57.9 Å². The highest BCUT2D eigenvalue weighted by molar-refractivity contribution is 6.08. The van der Waals surface area contributed by atoms with Gasteiger partial charge in [0.05, 0.1) is 36.6 Å². The van der Waals surface area contributed by atoms with Crippen molar-refractivity contribution in [2.75, 3.05) is 19.5 Å². The van der Waals surface area contributed by atoms with Crippen LogP contribution in [0.4, 0.5) is 15.8 Å². The van der Waals surface area contributed by atoms with Gasteiger partial charge in [0.25, 0.3) is 5.91 Å². The Bertz CT molecular complexity index is 1600. The van der Waals surface area contributed by atoms with Crippen molar-refractivity contribution >= 4 is 34.2 Å². The predicted molar refractivity (Wildman–Crippen MR) is 142 cm³/mol. The number of carboxylic acid groups (broad SMARTS) is 1. The van der Waals surface area contributed by atoms with Crippen molar-refractivity contribution in [3.05, 3.63) is 65.2 Å². The number of benzene rings is 2. The summed E-state index contributed by atoms with van der Waals surface area (Å²) < 4.78 is 26.2. The minimum absolute atomic E-state index is 0.0307. The molecule has 1 saturated carbocycles. The third-order valence-corrected chi connectivity index (χ3v) is 6.94. The van der Waals surface area contributed by atoms with E-state index in [-0.39, 0.29) is 56.7 Å². The summed E-state index contributed by atoms with van der Waals surface area (Å²) in [7, 11) is 2.80. The van der Waals surface area contributed by atoms with E-state index in [1.165, 1.54) is 38.7 Å². The number of methoxy groups -OCH3 is 2. The molecule has 5 rings (SSSR count). The zero-order valence-electron chi connectivity index (χ0n) is 21.3. The number of nitrogens with two attached hydrogens (primary N) is 1. The van der Waals surface area contributed by atoms with Crippen LogP contribution in [-0.2, 0) is 0 Å². The SMILES string of the molecule is COc1ncc(-c2ccc3c(Nc4cc(C(=O)O)cc(C5CCCC5)c4)c(C(N)=O)cnc3c2F)c(OC)n1. The van der Waals surface area contributed by atoms with Crippen LogP contribution in [0.25, 0.3) is 22.0 Å². The Morgan fingerprint density at radius 1 is 1.05 bits per heavy atom. The number of carbonyl (C=O) groups is 2. The lowest BCUT2D eigenvalue weighted by Gasteiger charge is -2.18. The Balaban J connectivity index is 1.65. The third-order valence-electron chi connectivity index (χ3n) is 6.94. The number of aromatic nitrogens is 3. The van der Waals surface area contributed by atoms with Crippen molar-refractivity contribution in [1.82, 2.24) is 15.0 Å². The molecule has 2 heterocycles. The van der Waals surface area contributed by atoms with Gasteiger partial charge >= 0.3 is 12.0 Å². The zero-order chi connectivity index (χ0) is 27.7. The number of halogens is 1. The Morgan fingerprint density at radius 3 is 2.49 bits per heavy atom. The molecule has 0 aliphatic heterocycles. The fourth-order valence-corrected chi connectivity index (χ4v) is 5.04. The van der Waals surface area contributed by atoms with Crippen LogP contribution in [0.3, 0.4) is 0 Å². The Labute approximate surface area is 223 Å². The van der Waals surface area contributed by atoms with Gasteiger partial charge in [-0.15, -0.1) is 0 Å². The maximum absolute atomic E-state index is 15.9. The summed E-state index contributed by atoms with van der Waals surface area (Å²) in [6, 6.07) is 8.18. The molecule has 200 valence electrons. The number of primary amides is 1. The van der Waals surface area contributed by atoms with E-state index in [2.05, 4.69) is 20.3 Å². The van der Waals surface area contributed by atoms with Crippen molar-refractivity contribution in [3.63, 3.8) is 0 Å². The first-order valence-electron chi connectivity index (χ1n) is 12.3. The van der Waals surface area contributed by atoms with E-state index in [1.807, 2.05) is 6.07 Å². The molecule has 0 spiro atoms. The molecular weight excluding hydrogens is 505 g/mol. The molecule has 4 aromatic rings. The number of aromatic carboxylic acids is 1. The van der Waals surface area contributed by atoms with Crippen LogP contribution in [0.15, 0.2) is 42.7 Å². The van der Waals surface area contributed by atoms with Crippen LogP contribution >= 0.6 is 0 Å². The largest absolute Gasteiger partial charge is 0.480 e. The number of amides is 1. The first-order chi connectivity index (χ1) is 18.8. The zero-order valence-corrected chi connectivity index (χ0v) is 21.3. The van der Waals surface area contributed by atoms with E-state index < -0.39 is 17.7 Å². The quantitative estimate of drug-likeness (QED) is 0.284.